The van der Waals surface area contributed by atoms with E-state index in [1.165, 1.54) is 12.1 Å². The molecule has 0 saturated heterocycles. The Bertz CT molecular complexity index is 1320. The maximum absolute atomic E-state index is 13.1. The molecule has 3 N–H and O–H groups in total. The van der Waals surface area contributed by atoms with Crippen LogP contribution in [0, 0.1) is 0 Å². The molecule has 0 heterocycles. The quantitative estimate of drug-likeness (QED) is 0.132. The molecule has 0 aliphatic rings. The van der Waals surface area contributed by atoms with E-state index in [1.807, 2.05) is 12.1 Å². The summed E-state index contributed by atoms with van der Waals surface area (Å²) in [6.07, 6.45) is -2.85. The maximum Gasteiger partial charge on any atom is 0.417 e. The monoisotopic (exact) mass is 627 g/mol. The van der Waals surface area contributed by atoms with E-state index in [4.69, 9.17) is 16.7 Å². The van der Waals surface area contributed by atoms with Gasteiger partial charge in [-0.2, -0.15) is 30.0 Å². The van der Waals surface area contributed by atoms with Gasteiger partial charge in [0, 0.05) is 22.4 Å². The Labute approximate surface area is 234 Å². The summed E-state index contributed by atoms with van der Waals surface area (Å²) in [7, 11) is 0. The summed E-state index contributed by atoms with van der Waals surface area (Å²) in [6, 6.07) is 15.0. The van der Waals surface area contributed by atoms with Crippen LogP contribution in [-0.4, -0.2) is 35.5 Å². The van der Waals surface area contributed by atoms with E-state index >= 15 is 0 Å². The minimum Gasteiger partial charge on any atom is -0.396 e. The van der Waals surface area contributed by atoms with Gasteiger partial charge in [0.05, 0.1) is 28.1 Å². The molecule has 0 radical (unpaired) electrons. The number of hydrogen-bond acceptors (Lipinski definition) is 5. The summed E-state index contributed by atoms with van der Waals surface area (Å²) < 4.78 is 39.7. The highest BCUT2D eigenvalue weighted by Gasteiger charge is 2.33. The summed E-state index contributed by atoms with van der Waals surface area (Å²) >= 11 is 10.6. The summed E-state index contributed by atoms with van der Waals surface area (Å²) in [5, 5.41) is 14.9. The number of aliphatic hydroxyl groups is 1. The molecule has 38 heavy (non-hydrogen) atoms. The van der Waals surface area contributed by atoms with Crippen LogP contribution in [0.3, 0.4) is 0 Å². The molecule has 3 aromatic carbocycles. The van der Waals surface area contributed by atoms with Crippen molar-refractivity contribution in [2.45, 2.75) is 18.3 Å². The molecular weight excluding hydrogens is 607 g/mol. The molecule has 0 aliphatic heterocycles. The number of nitrogens with zero attached hydrogens (tertiary/aromatic N) is 1. The van der Waals surface area contributed by atoms with E-state index in [9.17, 15) is 22.8 Å². The van der Waals surface area contributed by atoms with E-state index in [2.05, 4.69) is 31.8 Å². The van der Waals surface area contributed by atoms with Crippen molar-refractivity contribution in [1.82, 2.24) is 5.43 Å². The highest BCUT2D eigenvalue weighted by Crippen LogP contribution is 2.34. The van der Waals surface area contributed by atoms with Crippen LogP contribution in [0.25, 0.3) is 0 Å². The van der Waals surface area contributed by atoms with Crippen molar-refractivity contribution in [3.63, 3.8) is 0 Å². The van der Waals surface area contributed by atoms with E-state index in [0.29, 0.717) is 10.0 Å². The molecular formula is C26H22BrClF3N3O3S. The van der Waals surface area contributed by atoms with Gasteiger partial charge in [-0.1, -0.05) is 45.7 Å². The zero-order valence-electron chi connectivity index (χ0n) is 19.7. The van der Waals surface area contributed by atoms with E-state index in [0.717, 1.165) is 41.8 Å². The Morgan fingerprint density at radius 2 is 1.79 bits per heavy atom. The fourth-order valence-electron chi connectivity index (χ4n) is 3.18. The Hall–Kier alpha value is -2.86. The number of thioether (sulfide) groups is 1. The number of carbonyl (C=O) groups excluding carboxylic acids is 2. The summed E-state index contributed by atoms with van der Waals surface area (Å²) in [5.41, 5.74) is 3.08. The number of anilines is 1. The first-order valence-corrected chi connectivity index (χ1v) is 13.5. The predicted molar refractivity (Wildman–Crippen MR) is 148 cm³/mol. The predicted octanol–water partition coefficient (Wildman–Crippen LogP) is 6.75. The molecule has 3 rings (SSSR count). The first kappa shape index (κ1) is 29.7. The first-order valence-electron chi connectivity index (χ1n) is 11.2. The lowest BCUT2D eigenvalue weighted by Crippen LogP contribution is -2.21. The van der Waals surface area contributed by atoms with Gasteiger partial charge in [0.25, 0.3) is 11.8 Å². The van der Waals surface area contributed by atoms with E-state index in [1.54, 1.807) is 36.0 Å². The highest BCUT2D eigenvalue weighted by molar-refractivity contribution is 9.10. The molecule has 6 nitrogen and oxygen atoms in total. The molecule has 0 aromatic heterocycles. The largest absolute Gasteiger partial charge is 0.417 e. The van der Waals surface area contributed by atoms with Gasteiger partial charge in [-0.25, -0.2) is 5.43 Å². The van der Waals surface area contributed by atoms with Gasteiger partial charge in [0.15, 0.2) is 0 Å². The Kier molecular flexibility index (Phi) is 10.8. The molecule has 12 heteroatoms. The average Bonchev–Trinajstić information content (AvgIpc) is 2.88. The Balaban J connectivity index is 1.68. The fourth-order valence-corrected chi connectivity index (χ4v) is 4.67. The van der Waals surface area contributed by atoms with Gasteiger partial charge < -0.3 is 10.4 Å². The standard InChI is InChI=1S/C26H22BrClF3N3O3S/c27-19-7-9-23(33-24(36)18-5-2-16(3-6-18)15-38-11-1-10-35)20(13-19)25(37)34-32-14-17-4-8-22(28)21(12-17)26(29,30)31/h2-9,12-14,35H,1,10-11,15H2,(H,33,36)(H,34,37). The number of halogens is 5. The van der Waals surface area contributed by atoms with Crippen molar-refractivity contribution in [1.29, 1.82) is 0 Å². The number of amides is 2. The van der Waals surface area contributed by atoms with Gasteiger partial charge >= 0.3 is 6.18 Å². The van der Waals surface area contributed by atoms with Crippen LogP contribution >= 0.6 is 39.3 Å². The molecule has 0 unspecified atom stereocenters. The first-order chi connectivity index (χ1) is 18.1. The van der Waals surface area contributed by atoms with Gasteiger partial charge in [-0.3, -0.25) is 9.59 Å². The van der Waals surface area contributed by atoms with Crippen molar-refractivity contribution in [3.05, 3.63) is 98.0 Å². The lowest BCUT2D eigenvalue weighted by Gasteiger charge is -2.11. The van der Waals surface area contributed by atoms with Crippen molar-refractivity contribution >= 4 is 63.0 Å². The second-order valence-corrected chi connectivity index (χ2v) is 10.3. The summed E-state index contributed by atoms with van der Waals surface area (Å²) in [6.45, 7) is 0.152. The third kappa shape index (κ3) is 8.59. The Morgan fingerprint density at radius 1 is 1.05 bits per heavy atom. The molecule has 200 valence electrons. The summed E-state index contributed by atoms with van der Waals surface area (Å²) in [5.74, 6) is 0.488. The van der Waals surface area contributed by atoms with Crippen molar-refractivity contribution in [2.24, 2.45) is 5.10 Å². The molecule has 0 saturated carbocycles. The van der Waals surface area contributed by atoms with E-state index < -0.39 is 28.6 Å². The second-order valence-electron chi connectivity index (χ2n) is 7.91. The normalized spacial score (nSPS) is 11.5. The number of nitrogens with one attached hydrogen (secondary N) is 2. The van der Waals surface area contributed by atoms with E-state index in [-0.39, 0.29) is 23.4 Å². The van der Waals surface area contributed by atoms with Crippen molar-refractivity contribution < 1.29 is 27.9 Å². The van der Waals surface area contributed by atoms with Crippen LogP contribution in [0.5, 0.6) is 0 Å². The van der Waals surface area contributed by atoms with Crippen LogP contribution in [0.1, 0.15) is 43.8 Å². The summed E-state index contributed by atoms with van der Waals surface area (Å²) in [4.78, 5) is 25.6. The molecule has 2 amide bonds. The van der Waals surface area contributed by atoms with Crippen LogP contribution in [0.4, 0.5) is 18.9 Å². The molecule has 3 aromatic rings. The van der Waals surface area contributed by atoms with Crippen LogP contribution in [0.15, 0.2) is 70.2 Å². The molecule has 0 bridgehead atoms. The maximum atomic E-state index is 13.1. The zero-order chi connectivity index (χ0) is 27.7. The Morgan fingerprint density at radius 3 is 2.47 bits per heavy atom. The SMILES string of the molecule is O=C(Nc1ccc(Br)cc1C(=O)NN=Cc1ccc(Cl)c(C(F)(F)F)c1)c1ccc(CSCCCO)cc1. The van der Waals surface area contributed by atoms with Gasteiger partial charge in [0.1, 0.15) is 0 Å². The number of aliphatic hydroxyl groups excluding tert-OH is 1. The van der Waals surface area contributed by atoms with Crippen LogP contribution in [-0.2, 0) is 11.9 Å². The third-order valence-electron chi connectivity index (χ3n) is 5.08. The average molecular weight is 629 g/mol. The fraction of sp³-hybridized carbons (Fsp3) is 0.192. The van der Waals surface area contributed by atoms with Crippen molar-refractivity contribution in [3.8, 4) is 0 Å². The highest BCUT2D eigenvalue weighted by atomic mass is 79.9. The lowest BCUT2D eigenvalue weighted by molar-refractivity contribution is -0.137. The third-order valence-corrected chi connectivity index (χ3v) is 7.02. The number of benzene rings is 3. The van der Waals surface area contributed by atoms with Crippen LogP contribution < -0.4 is 10.7 Å². The van der Waals surface area contributed by atoms with Crippen molar-refractivity contribution in [2.75, 3.05) is 17.7 Å². The number of hydrogen-bond donors (Lipinski definition) is 3. The number of hydrazone groups is 1. The molecule has 0 atom stereocenters. The smallest absolute Gasteiger partial charge is 0.396 e. The minimum atomic E-state index is -4.63. The molecule has 0 aliphatic carbocycles. The number of carbonyl (C=O) groups is 2. The van der Waals surface area contributed by atoms with Gasteiger partial charge in [-0.15, -0.1) is 0 Å². The molecule has 0 spiro atoms. The second kappa shape index (κ2) is 13.8. The van der Waals surface area contributed by atoms with Gasteiger partial charge in [0.2, 0.25) is 0 Å². The lowest BCUT2D eigenvalue weighted by atomic mass is 10.1. The minimum absolute atomic E-state index is 0.0834. The molecule has 0 fully saturated rings. The number of alkyl halides is 3. The topological polar surface area (TPSA) is 90.8 Å². The number of rotatable bonds is 10. The zero-order valence-corrected chi connectivity index (χ0v) is 22.8. The van der Waals surface area contributed by atoms with Crippen LogP contribution in [0.2, 0.25) is 5.02 Å². The van der Waals surface area contributed by atoms with Gasteiger partial charge in [-0.05, 0) is 65.8 Å².